The van der Waals surface area contributed by atoms with E-state index in [1.807, 2.05) is 0 Å². The van der Waals surface area contributed by atoms with Gasteiger partial charge in [-0.1, -0.05) is 11.8 Å². The van der Waals surface area contributed by atoms with Crippen molar-refractivity contribution in [2.45, 2.75) is 11.3 Å². The van der Waals surface area contributed by atoms with Gasteiger partial charge < -0.3 is 0 Å². The molecule has 0 aliphatic heterocycles. The van der Waals surface area contributed by atoms with Crippen LogP contribution in [0.5, 0.6) is 0 Å². The molecule has 0 heterocycles. The first-order valence-corrected chi connectivity index (χ1v) is 6.81. The van der Waals surface area contributed by atoms with Gasteiger partial charge in [-0.05, 0) is 24.3 Å². The van der Waals surface area contributed by atoms with Gasteiger partial charge in [0.1, 0.15) is 0 Å². The predicted molar refractivity (Wildman–Crippen MR) is 61.8 cm³/mol. The highest BCUT2D eigenvalue weighted by molar-refractivity contribution is 7.90. The Morgan fingerprint density at radius 2 is 1.87 bits per heavy atom. The van der Waals surface area contributed by atoms with Gasteiger partial charge in [0.05, 0.1) is 4.90 Å². The molecule has 0 spiro atoms. The van der Waals surface area contributed by atoms with Crippen LogP contribution in [0.3, 0.4) is 0 Å². The lowest BCUT2D eigenvalue weighted by molar-refractivity contribution is 0.602. The summed E-state index contributed by atoms with van der Waals surface area (Å²) in [6.07, 6.45) is 1.82. The summed E-state index contributed by atoms with van der Waals surface area (Å²) in [5.41, 5.74) is 0.799. The van der Waals surface area contributed by atoms with E-state index in [0.717, 1.165) is 5.56 Å². The molecule has 0 radical (unpaired) electrons. The molecule has 80 valence electrons. The van der Waals surface area contributed by atoms with Gasteiger partial charge >= 0.3 is 0 Å². The average Bonchev–Trinajstić information content (AvgIpc) is 2.18. The molecule has 0 aliphatic carbocycles. The lowest BCUT2D eigenvalue weighted by Gasteiger charge is -1.96. The van der Waals surface area contributed by atoms with Gasteiger partial charge in [0.15, 0.2) is 9.84 Å². The molecular weight excluding hydrogens is 232 g/mol. The molecule has 2 nitrogen and oxygen atoms in total. The fraction of sp³-hybridized carbons (Fsp3) is 0.273. The third kappa shape index (κ3) is 3.94. The van der Waals surface area contributed by atoms with E-state index in [-0.39, 0.29) is 0 Å². The molecule has 0 amide bonds. The van der Waals surface area contributed by atoms with Crippen LogP contribution in [0.1, 0.15) is 12.0 Å². The predicted octanol–water partition coefficient (Wildman–Crippen LogP) is 2.07. The van der Waals surface area contributed by atoms with Crippen LogP contribution < -0.4 is 0 Å². The van der Waals surface area contributed by atoms with Crippen molar-refractivity contribution in [2.75, 3.05) is 12.1 Å². The van der Waals surface area contributed by atoms with Crippen LogP contribution in [0, 0.1) is 11.8 Å². The highest BCUT2D eigenvalue weighted by atomic mass is 35.5. The first kappa shape index (κ1) is 12.1. The Labute approximate surface area is 95.2 Å². The minimum atomic E-state index is -3.11. The van der Waals surface area contributed by atoms with E-state index in [1.54, 1.807) is 24.3 Å². The second-order valence-electron chi connectivity index (χ2n) is 3.04. The number of sulfone groups is 1. The van der Waals surface area contributed by atoms with E-state index in [0.29, 0.717) is 17.2 Å². The molecule has 0 N–H and O–H groups in total. The van der Waals surface area contributed by atoms with Crippen LogP contribution in [-0.4, -0.2) is 20.6 Å². The van der Waals surface area contributed by atoms with Gasteiger partial charge in [-0.15, -0.1) is 11.6 Å². The zero-order valence-electron chi connectivity index (χ0n) is 8.33. The van der Waals surface area contributed by atoms with E-state index in [2.05, 4.69) is 11.8 Å². The van der Waals surface area contributed by atoms with Gasteiger partial charge in [-0.25, -0.2) is 8.42 Å². The monoisotopic (exact) mass is 242 g/mol. The van der Waals surface area contributed by atoms with Crippen molar-refractivity contribution >= 4 is 21.4 Å². The molecule has 0 unspecified atom stereocenters. The number of alkyl halides is 1. The summed E-state index contributed by atoms with van der Waals surface area (Å²) in [5, 5.41) is 0. The summed E-state index contributed by atoms with van der Waals surface area (Å²) in [5.74, 6) is 6.28. The zero-order chi connectivity index (χ0) is 11.3. The first-order valence-electron chi connectivity index (χ1n) is 4.39. The molecule has 0 aliphatic rings. The molecule has 0 aromatic heterocycles. The third-order valence-corrected chi connectivity index (χ3v) is 3.05. The van der Waals surface area contributed by atoms with Crippen molar-refractivity contribution in [3.05, 3.63) is 29.8 Å². The minimum Gasteiger partial charge on any atom is -0.224 e. The number of benzene rings is 1. The van der Waals surface area contributed by atoms with Crippen molar-refractivity contribution in [3.63, 3.8) is 0 Å². The third-order valence-electron chi connectivity index (χ3n) is 1.73. The molecule has 1 aromatic carbocycles. The van der Waals surface area contributed by atoms with Crippen molar-refractivity contribution in [1.29, 1.82) is 0 Å². The van der Waals surface area contributed by atoms with Gasteiger partial charge in [0, 0.05) is 24.1 Å². The molecule has 0 saturated heterocycles. The van der Waals surface area contributed by atoms with Gasteiger partial charge in [-0.2, -0.15) is 0 Å². The number of rotatable bonds is 2. The normalized spacial score (nSPS) is 10.5. The molecule has 15 heavy (non-hydrogen) atoms. The largest absolute Gasteiger partial charge is 0.224 e. The Bertz CT molecular complexity index is 478. The number of halogens is 1. The first-order chi connectivity index (χ1) is 7.04. The lowest BCUT2D eigenvalue weighted by Crippen LogP contribution is -1.96. The fourth-order valence-electron chi connectivity index (χ4n) is 0.997. The van der Waals surface area contributed by atoms with Crippen LogP contribution in [0.15, 0.2) is 29.2 Å². The molecule has 0 atom stereocenters. The SMILES string of the molecule is CS(=O)(=O)c1ccc(C#CCCCl)cc1. The van der Waals surface area contributed by atoms with Crippen molar-refractivity contribution in [1.82, 2.24) is 0 Å². The zero-order valence-corrected chi connectivity index (χ0v) is 9.90. The highest BCUT2D eigenvalue weighted by Gasteiger charge is 2.04. The molecule has 1 aromatic rings. The maximum absolute atomic E-state index is 11.2. The summed E-state index contributed by atoms with van der Waals surface area (Å²) in [6.45, 7) is 0. The maximum atomic E-state index is 11.2. The van der Waals surface area contributed by atoms with E-state index in [9.17, 15) is 8.42 Å². The molecule has 4 heteroatoms. The molecule has 1 rings (SSSR count). The van der Waals surface area contributed by atoms with Gasteiger partial charge in [0.2, 0.25) is 0 Å². The van der Waals surface area contributed by atoms with Crippen LogP contribution in [0.25, 0.3) is 0 Å². The fourth-order valence-corrected chi connectivity index (χ4v) is 1.72. The molecule has 0 fully saturated rings. The Kier molecular flexibility index (Phi) is 4.19. The maximum Gasteiger partial charge on any atom is 0.175 e. The second-order valence-corrected chi connectivity index (χ2v) is 5.43. The Morgan fingerprint density at radius 1 is 1.27 bits per heavy atom. The number of hydrogen-bond donors (Lipinski definition) is 0. The molecule has 0 saturated carbocycles. The minimum absolute atomic E-state index is 0.311. The van der Waals surface area contributed by atoms with E-state index < -0.39 is 9.84 Å². The molecule has 0 bridgehead atoms. The van der Waals surface area contributed by atoms with Crippen LogP contribution >= 0.6 is 11.6 Å². The van der Waals surface area contributed by atoms with Gasteiger partial charge in [-0.3, -0.25) is 0 Å². The Hall–Kier alpha value is -0.980. The summed E-state index contributed by atoms with van der Waals surface area (Å²) in [6, 6.07) is 6.50. The van der Waals surface area contributed by atoms with Crippen molar-refractivity contribution < 1.29 is 8.42 Å². The summed E-state index contributed by atoms with van der Waals surface area (Å²) < 4.78 is 22.3. The van der Waals surface area contributed by atoms with E-state index in [1.165, 1.54) is 6.26 Å². The molecular formula is C11H11ClO2S. The van der Waals surface area contributed by atoms with Crippen molar-refractivity contribution in [2.24, 2.45) is 0 Å². The van der Waals surface area contributed by atoms with Gasteiger partial charge in [0.25, 0.3) is 0 Å². The van der Waals surface area contributed by atoms with Crippen LogP contribution in [-0.2, 0) is 9.84 Å². The quantitative estimate of drug-likeness (QED) is 0.588. The summed E-state index contributed by atoms with van der Waals surface area (Å²) in [4.78, 5) is 0.311. The number of hydrogen-bond acceptors (Lipinski definition) is 2. The van der Waals surface area contributed by atoms with E-state index in [4.69, 9.17) is 11.6 Å². The highest BCUT2D eigenvalue weighted by Crippen LogP contribution is 2.09. The topological polar surface area (TPSA) is 34.1 Å². The van der Waals surface area contributed by atoms with Crippen LogP contribution in [0.4, 0.5) is 0 Å². The summed E-state index contributed by atoms with van der Waals surface area (Å²) >= 11 is 5.47. The van der Waals surface area contributed by atoms with E-state index >= 15 is 0 Å². The smallest absolute Gasteiger partial charge is 0.175 e. The average molecular weight is 243 g/mol. The Morgan fingerprint density at radius 3 is 2.33 bits per heavy atom. The van der Waals surface area contributed by atoms with Crippen molar-refractivity contribution in [3.8, 4) is 11.8 Å². The van der Waals surface area contributed by atoms with Crippen LogP contribution in [0.2, 0.25) is 0 Å². The Balaban J connectivity index is 2.88. The second kappa shape index (κ2) is 5.20. The standard InChI is InChI=1S/C11H11ClO2S/c1-15(13,14)11-7-5-10(6-8-11)4-2-3-9-12/h5-8H,3,9H2,1H3. The summed E-state index contributed by atoms with van der Waals surface area (Å²) in [7, 11) is -3.11. The lowest BCUT2D eigenvalue weighted by atomic mass is 10.2.